The fraction of sp³-hybridized carbons (Fsp3) is 0.308. The van der Waals surface area contributed by atoms with Gasteiger partial charge in [-0.05, 0) is 17.7 Å². The summed E-state index contributed by atoms with van der Waals surface area (Å²) in [5.41, 5.74) is 6.33. The summed E-state index contributed by atoms with van der Waals surface area (Å²) < 4.78 is 0. The predicted octanol–water partition coefficient (Wildman–Crippen LogP) is -0.327. The predicted molar refractivity (Wildman–Crippen MR) is 73.9 cm³/mol. The Hall–Kier alpha value is -2.57. The van der Waals surface area contributed by atoms with Crippen molar-refractivity contribution >= 4 is 17.8 Å². The molecule has 0 atom stereocenters. The lowest BCUT2D eigenvalue weighted by molar-refractivity contribution is -0.129. The van der Waals surface area contributed by atoms with Gasteiger partial charge in [-0.2, -0.15) is 0 Å². The summed E-state index contributed by atoms with van der Waals surface area (Å²) >= 11 is 0. The number of nitrogens with two attached hydrogens (primary N) is 1. The number of primary amides is 1. The molecule has 0 radical (unpaired) electrons. The Morgan fingerprint density at radius 3 is 2.30 bits per heavy atom. The molecule has 0 saturated heterocycles. The summed E-state index contributed by atoms with van der Waals surface area (Å²) in [6.45, 7) is 0.245. The maximum absolute atomic E-state index is 11.7. The number of likely N-dealkylation sites (N-methyl/N-ethyl adjacent to an activating group) is 1. The number of benzene rings is 1. The SMILES string of the molecule is CNC(=O)c1ccc(CN(C)C(=O)CNC(N)=O)cc1. The number of carbonyl (C=O) groups is 3. The fourth-order valence-corrected chi connectivity index (χ4v) is 1.57. The molecule has 108 valence electrons. The summed E-state index contributed by atoms with van der Waals surface area (Å²) in [5, 5.41) is 4.77. The highest BCUT2D eigenvalue weighted by molar-refractivity contribution is 5.93. The monoisotopic (exact) mass is 278 g/mol. The van der Waals surface area contributed by atoms with Crippen molar-refractivity contribution in [1.82, 2.24) is 15.5 Å². The van der Waals surface area contributed by atoms with Gasteiger partial charge < -0.3 is 21.3 Å². The highest BCUT2D eigenvalue weighted by Crippen LogP contribution is 2.07. The van der Waals surface area contributed by atoms with Crippen LogP contribution in [-0.4, -0.2) is 43.4 Å². The van der Waals surface area contributed by atoms with Gasteiger partial charge >= 0.3 is 6.03 Å². The van der Waals surface area contributed by atoms with Crippen LogP contribution in [-0.2, 0) is 11.3 Å². The summed E-state index contributed by atoms with van der Waals surface area (Å²) in [4.78, 5) is 35.0. The number of nitrogens with zero attached hydrogens (tertiary/aromatic N) is 1. The molecule has 4 N–H and O–H groups in total. The normalized spacial score (nSPS) is 9.70. The van der Waals surface area contributed by atoms with Crippen molar-refractivity contribution in [3.05, 3.63) is 35.4 Å². The van der Waals surface area contributed by atoms with Gasteiger partial charge in [0.25, 0.3) is 5.91 Å². The van der Waals surface area contributed by atoms with Crippen LogP contribution in [0.5, 0.6) is 0 Å². The Morgan fingerprint density at radius 2 is 1.80 bits per heavy atom. The van der Waals surface area contributed by atoms with E-state index in [0.29, 0.717) is 12.1 Å². The topological polar surface area (TPSA) is 105 Å². The van der Waals surface area contributed by atoms with Gasteiger partial charge in [-0.25, -0.2) is 4.79 Å². The summed E-state index contributed by atoms with van der Waals surface area (Å²) in [6, 6.07) is 6.19. The van der Waals surface area contributed by atoms with Gasteiger partial charge in [0.05, 0.1) is 6.54 Å². The molecule has 0 aliphatic heterocycles. The Bertz CT molecular complexity index is 499. The van der Waals surface area contributed by atoms with E-state index in [1.807, 2.05) is 0 Å². The van der Waals surface area contributed by atoms with E-state index in [4.69, 9.17) is 5.73 Å². The van der Waals surface area contributed by atoms with E-state index in [1.165, 1.54) is 4.90 Å². The zero-order chi connectivity index (χ0) is 15.1. The smallest absolute Gasteiger partial charge is 0.312 e. The van der Waals surface area contributed by atoms with Crippen LogP contribution in [0, 0.1) is 0 Å². The summed E-state index contributed by atoms with van der Waals surface area (Å²) in [5.74, 6) is -0.411. The molecule has 0 bridgehead atoms. The van der Waals surface area contributed by atoms with Gasteiger partial charge in [-0.1, -0.05) is 12.1 Å². The Labute approximate surface area is 117 Å². The average molecular weight is 278 g/mol. The van der Waals surface area contributed by atoms with Gasteiger partial charge in [-0.15, -0.1) is 0 Å². The van der Waals surface area contributed by atoms with Gasteiger partial charge in [-0.3, -0.25) is 9.59 Å². The first-order valence-electron chi connectivity index (χ1n) is 6.02. The van der Waals surface area contributed by atoms with E-state index in [-0.39, 0.29) is 18.4 Å². The quantitative estimate of drug-likeness (QED) is 0.687. The van der Waals surface area contributed by atoms with Crippen molar-refractivity contribution in [2.24, 2.45) is 5.73 Å². The van der Waals surface area contributed by atoms with E-state index in [1.54, 1.807) is 38.4 Å². The first-order chi connectivity index (χ1) is 9.43. The van der Waals surface area contributed by atoms with E-state index < -0.39 is 6.03 Å². The minimum atomic E-state index is -0.735. The number of rotatable bonds is 5. The van der Waals surface area contributed by atoms with Crippen LogP contribution in [0.1, 0.15) is 15.9 Å². The molecule has 1 aromatic rings. The number of amides is 4. The molecule has 0 fully saturated rings. The molecule has 0 saturated carbocycles. The fourth-order valence-electron chi connectivity index (χ4n) is 1.57. The third-order valence-electron chi connectivity index (χ3n) is 2.70. The maximum atomic E-state index is 11.7. The number of hydrogen-bond donors (Lipinski definition) is 3. The Balaban J connectivity index is 2.57. The third-order valence-corrected chi connectivity index (χ3v) is 2.70. The van der Waals surface area contributed by atoms with E-state index in [0.717, 1.165) is 5.56 Å². The van der Waals surface area contributed by atoms with Crippen molar-refractivity contribution in [2.45, 2.75) is 6.54 Å². The molecule has 20 heavy (non-hydrogen) atoms. The standard InChI is InChI=1S/C13H18N4O3/c1-15-12(19)10-5-3-9(4-6-10)8-17(2)11(18)7-16-13(14)20/h3-6H,7-8H2,1-2H3,(H,15,19)(H3,14,16,20). The van der Waals surface area contributed by atoms with Crippen LogP contribution in [0.3, 0.4) is 0 Å². The molecular weight excluding hydrogens is 260 g/mol. The second-order valence-electron chi connectivity index (χ2n) is 4.24. The van der Waals surface area contributed by atoms with Crippen LogP contribution in [0.15, 0.2) is 24.3 Å². The highest BCUT2D eigenvalue weighted by Gasteiger charge is 2.10. The number of urea groups is 1. The Kier molecular flexibility index (Phi) is 5.52. The van der Waals surface area contributed by atoms with Crippen LogP contribution in [0.4, 0.5) is 4.79 Å². The second kappa shape index (κ2) is 7.13. The third kappa shape index (κ3) is 4.60. The van der Waals surface area contributed by atoms with Gasteiger partial charge in [0.1, 0.15) is 0 Å². The van der Waals surface area contributed by atoms with Crippen LogP contribution in [0.2, 0.25) is 0 Å². The lowest BCUT2D eigenvalue weighted by Crippen LogP contribution is -2.40. The van der Waals surface area contributed by atoms with Gasteiger partial charge in [0.2, 0.25) is 5.91 Å². The summed E-state index contributed by atoms with van der Waals surface area (Å²) in [6.07, 6.45) is 0. The molecule has 0 aliphatic rings. The number of nitrogens with one attached hydrogen (secondary N) is 2. The molecule has 1 aromatic carbocycles. The Morgan fingerprint density at radius 1 is 1.20 bits per heavy atom. The minimum absolute atomic E-state index is 0.137. The molecule has 0 spiro atoms. The molecule has 7 heteroatoms. The van der Waals surface area contributed by atoms with Crippen LogP contribution < -0.4 is 16.4 Å². The lowest BCUT2D eigenvalue weighted by atomic mass is 10.1. The summed E-state index contributed by atoms with van der Waals surface area (Å²) in [7, 11) is 3.19. The van der Waals surface area contributed by atoms with Crippen molar-refractivity contribution in [3.8, 4) is 0 Å². The molecule has 7 nitrogen and oxygen atoms in total. The zero-order valence-corrected chi connectivity index (χ0v) is 11.5. The van der Waals surface area contributed by atoms with Crippen molar-refractivity contribution < 1.29 is 14.4 Å². The van der Waals surface area contributed by atoms with Crippen LogP contribution >= 0.6 is 0 Å². The maximum Gasteiger partial charge on any atom is 0.312 e. The number of hydrogen-bond acceptors (Lipinski definition) is 3. The first-order valence-corrected chi connectivity index (χ1v) is 6.02. The molecule has 1 rings (SSSR count). The molecule has 0 heterocycles. The average Bonchev–Trinajstić information content (AvgIpc) is 2.44. The van der Waals surface area contributed by atoms with E-state index in [9.17, 15) is 14.4 Å². The largest absolute Gasteiger partial charge is 0.355 e. The van der Waals surface area contributed by atoms with Crippen molar-refractivity contribution in [1.29, 1.82) is 0 Å². The lowest BCUT2D eigenvalue weighted by Gasteiger charge is -2.17. The van der Waals surface area contributed by atoms with Crippen LogP contribution in [0.25, 0.3) is 0 Å². The van der Waals surface area contributed by atoms with E-state index in [2.05, 4.69) is 10.6 Å². The van der Waals surface area contributed by atoms with Gasteiger partial charge in [0.15, 0.2) is 0 Å². The second-order valence-corrected chi connectivity index (χ2v) is 4.24. The number of carbonyl (C=O) groups excluding carboxylic acids is 3. The molecule has 4 amide bonds. The van der Waals surface area contributed by atoms with E-state index >= 15 is 0 Å². The molecular formula is C13H18N4O3. The zero-order valence-electron chi connectivity index (χ0n) is 11.5. The highest BCUT2D eigenvalue weighted by atomic mass is 16.2. The molecule has 0 aromatic heterocycles. The molecule has 0 unspecified atom stereocenters. The minimum Gasteiger partial charge on any atom is -0.355 e. The van der Waals surface area contributed by atoms with Crippen molar-refractivity contribution in [3.63, 3.8) is 0 Å². The first kappa shape index (κ1) is 15.5. The van der Waals surface area contributed by atoms with Crippen molar-refractivity contribution in [2.75, 3.05) is 20.6 Å². The molecule has 0 aliphatic carbocycles. The van der Waals surface area contributed by atoms with Gasteiger partial charge in [0, 0.05) is 26.2 Å².